The summed E-state index contributed by atoms with van der Waals surface area (Å²) in [5.74, 6) is -0.153. The normalized spacial score (nSPS) is 12.2. The van der Waals surface area contributed by atoms with Gasteiger partial charge in [0.15, 0.2) is 0 Å². The Morgan fingerprint density at radius 2 is 1.90 bits per heavy atom. The van der Waals surface area contributed by atoms with Gasteiger partial charge in [0, 0.05) is 23.6 Å². The average molecular weight is 336 g/mol. The van der Waals surface area contributed by atoms with Gasteiger partial charge < -0.3 is 4.90 Å². The molecule has 0 N–H and O–H groups in total. The molecule has 0 bridgehead atoms. The molecule has 0 amide bonds. The Morgan fingerprint density at radius 1 is 1.20 bits per heavy atom. The van der Waals surface area contributed by atoms with E-state index in [1.54, 1.807) is 6.07 Å². The van der Waals surface area contributed by atoms with Gasteiger partial charge in [0.2, 0.25) is 0 Å². The summed E-state index contributed by atoms with van der Waals surface area (Å²) in [5.41, 5.74) is 4.30. The first kappa shape index (κ1) is 15.0. The fourth-order valence-corrected chi connectivity index (χ4v) is 2.85. The zero-order chi connectivity index (χ0) is 14.7. The molecule has 1 atom stereocenters. The first-order valence-corrected chi connectivity index (χ1v) is 7.79. The van der Waals surface area contributed by atoms with E-state index in [1.807, 2.05) is 26.1 Å². The second kappa shape index (κ2) is 6.40. The summed E-state index contributed by atoms with van der Waals surface area (Å²) in [6, 6.07) is 13.3. The Bertz CT molecular complexity index is 597. The summed E-state index contributed by atoms with van der Waals surface area (Å²) < 4.78 is 13.9. The van der Waals surface area contributed by atoms with Crippen LogP contribution in [-0.4, -0.2) is 7.05 Å². The zero-order valence-electron chi connectivity index (χ0n) is 12.0. The van der Waals surface area contributed by atoms with Gasteiger partial charge in [-0.25, -0.2) is 4.39 Å². The van der Waals surface area contributed by atoms with Crippen LogP contribution in [-0.2, 0) is 5.33 Å². The summed E-state index contributed by atoms with van der Waals surface area (Å²) >= 11 is 3.53. The largest absolute Gasteiger partial charge is 0.367 e. The lowest BCUT2D eigenvalue weighted by Gasteiger charge is -2.29. The molecule has 0 radical (unpaired) electrons. The van der Waals surface area contributed by atoms with E-state index >= 15 is 0 Å². The van der Waals surface area contributed by atoms with E-state index in [1.165, 1.54) is 17.2 Å². The monoisotopic (exact) mass is 335 g/mol. The highest BCUT2D eigenvalue weighted by atomic mass is 79.9. The Labute approximate surface area is 128 Å². The quantitative estimate of drug-likeness (QED) is 0.692. The number of nitrogens with zero attached hydrogens (tertiary/aromatic N) is 1. The Morgan fingerprint density at radius 3 is 2.55 bits per heavy atom. The van der Waals surface area contributed by atoms with Gasteiger partial charge in [-0.1, -0.05) is 51.8 Å². The van der Waals surface area contributed by atoms with Crippen LogP contribution in [0.3, 0.4) is 0 Å². The lowest BCUT2D eigenvalue weighted by atomic mass is 10.0. The molecule has 0 aromatic heterocycles. The highest BCUT2D eigenvalue weighted by Gasteiger charge is 2.17. The van der Waals surface area contributed by atoms with Crippen molar-refractivity contribution in [1.82, 2.24) is 0 Å². The molecule has 0 saturated carbocycles. The molecule has 3 heteroatoms. The van der Waals surface area contributed by atoms with Crippen LogP contribution in [0.2, 0.25) is 0 Å². The molecule has 0 aliphatic carbocycles. The van der Waals surface area contributed by atoms with Crippen molar-refractivity contribution in [3.63, 3.8) is 0 Å². The van der Waals surface area contributed by atoms with Crippen molar-refractivity contribution in [3.05, 3.63) is 65.0 Å². The van der Waals surface area contributed by atoms with Gasteiger partial charge in [0.05, 0.1) is 6.04 Å². The predicted octanol–water partition coefficient (Wildman–Crippen LogP) is 5.23. The molecule has 2 aromatic rings. The number of benzene rings is 2. The Balaban J connectivity index is 2.36. The van der Waals surface area contributed by atoms with Gasteiger partial charge in [0.1, 0.15) is 5.82 Å². The molecule has 106 valence electrons. The van der Waals surface area contributed by atoms with Crippen LogP contribution in [0, 0.1) is 12.7 Å². The molecule has 0 aliphatic rings. The molecule has 0 spiro atoms. The van der Waals surface area contributed by atoms with Gasteiger partial charge in [-0.05, 0) is 31.5 Å². The van der Waals surface area contributed by atoms with E-state index < -0.39 is 0 Å². The number of hydrogen-bond acceptors (Lipinski definition) is 1. The van der Waals surface area contributed by atoms with Crippen LogP contribution < -0.4 is 4.90 Å². The van der Waals surface area contributed by atoms with E-state index in [4.69, 9.17) is 0 Å². The second-order valence-corrected chi connectivity index (χ2v) is 5.63. The maximum atomic E-state index is 13.9. The number of hydrogen-bond donors (Lipinski definition) is 0. The summed E-state index contributed by atoms with van der Waals surface area (Å²) in [4.78, 5) is 2.12. The molecule has 0 fully saturated rings. The van der Waals surface area contributed by atoms with E-state index in [0.717, 1.165) is 16.6 Å². The van der Waals surface area contributed by atoms with Gasteiger partial charge in [-0.2, -0.15) is 0 Å². The minimum atomic E-state index is -0.153. The van der Waals surface area contributed by atoms with Crippen molar-refractivity contribution in [2.75, 3.05) is 11.9 Å². The SMILES string of the molecule is Cc1ccc(N(C)C(C)c2ccccc2F)c(CBr)c1. The summed E-state index contributed by atoms with van der Waals surface area (Å²) in [6.45, 7) is 4.10. The average Bonchev–Trinajstić information content (AvgIpc) is 2.46. The second-order valence-electron chi connectivity index (χ2n) is 5.07. The van der Waals surface area contributed by atoms with Gasteiger partial charge in [-0.3, -0.25) is 0 Å². The van der Waals surface area contributed by atoms with Gasteiger partial charge in [0.25, 0.3) is 0 Å². The fraction of sp³-hybridized carbons (Fsp3) is 0.294. The number of rotatable bonds is 4. The standard InChI is InChI=1S/C17H19BrFN/c1-12-8-9-17(14(10-12)11-18)20(3)13(2)15-6-4-5-7-16(15)19/h4-10,13H,11H2,1-3H3. The summed E-state index contributed by atoms with van der Waals surface area (Å²) in [5, 5.41) is 0.790. The van der Waals surface area contributed by atoms with Crippen molar-refractivity contribution in [3.8, 4) is 0 Å². The summed E-state index contributed by atoms with van der Waals surface area (Å²) in [7, 11) is 2.01. The van der Waals surface area contributed by atoms with Crippen LogP contribution >= 0.6 is 15.9 Å². The predicted molar refractivity (Wildman–Crippen MR) is 87.0 cm³/mol. The van der Waals surface area contributed by atoms with Crippen LogP contribution in [0.15, 0.2) is 42.5 Å². The lowest BCUT2D eigenvalue weighted by Crippen LogP contribution is -2.23. The molecular weight excluding hydrogens is 317 g/mol. The van der Waals surface area contributed by atoms with Crippen LogP contribution in [0.5, 0.6) is 0 Å². The molecule has 1 nitrogen and oxygen atoms in total. The van der Waals surface area contributed by atoms with E-state index in [9.17, 15) is 4.39 Å². The third kappa shape index (κ3) is 3.04. The summed E-state index contributed by atoms with van der Waals surface area (Å²) in [6.07, 6.45) is 0. The van der Waals surface area contributed by atoms with Gasteiger partial charge >= 0.3 is 0 Å². The first-order valence-electron chi connectivity index (χ1n) is 6.67. The van der Waals surface area contributed by atoms with Gasteiger partial charge in [-0.15, -0.1) is 0 Å². The van der Waals surface area contributed by atoms with E-state index in [2.05, 4.69) is 46.0 Å². The Hall–Kier alpha value is -1.35. The number of halogens is 2. The molecule has 2 aromatic carbocycles. The van der Waals surface area contributed by atoms with Crippen molar-refractivity contribution >= 4 is 21.6 Å². The number of aryl methyl sites for hydroxylation is 1. The molecular formula is C17H19BrFN. The minimum absolute atomic E-state index is 0.0169. The molecule has 0 aliphatic heterocycles. The maximum absolute atomic E-state index is 13.9. The van der Waals surface area contributed by atoms with E-state index in [0.29, 0.717) is 0 Å². The topological polar surface area (TPSA) is 3.24 Å². The first-order chi connectivity index (χ1) is 9.54. The molecule has 0 heterocycles. The van der Waals surface area contributed by atoms with Crippen molar-refractivity contribution < 1.29 is 4.39 Å². The highest BCUT2D eigenvalue weighted by Crippen LogP contribution is 2.31. The van der Waals surface area contributed by atoms with E-state index in [-0.39, 0.29) is 11.9 Å². The smallest absolute Gasteiger partial charge is 0.128 e. The molecule has 2 rings (SSSR count). The maximum Gasteiger partial charge on any atom is 0.128 e. The van der Waals surface area contributed by atoms with Crippen molar-refractivity contribution in [2.45, 2.75) is 25.2 Å². The van der Waals surface area contributed by atoms with Crippen molar-refractivity contribution in [1.29, 1.82) is 0 Å². The molecule has 20 heavy (non-hydrogen) atoms. The minimum Gasteiger partial charge on any atom is -0.367 e. The fourth-order valence-electron chi connectivity index (χ4n) is 2.40. The lowest BCUT2D eigenvalue weighted by molar-refractivity contribution is 0.585. The number of alkyl halides is 1. The zero-order valence-corrected chi connectivity index (χ0v) is 13.6. The molecule has 1 unspecified atom stereocenters. The van der Waals surface area contributed by atoms with Crippen LogP contribution in [0.25, 0.3) is 0 Å². The molecule has 0 saturated heterocycles. The highest BCUT2D eigenvalue weighted by molar-refractivity contribution is 9.08. The van der Waals surface area contributed by atoms with Crippen LogP contribution in [0.4, 0.5) is 10.1 Å². The van der Waals surface area contributed by atoms with Crippen LogP contribution in [0.1, 0.15) is 29.7 Å². The number of anilines is 1. The Kier molecular flexibility index (Phi) is 4.81. The van der Waals surface area contributed by atoms with Crippen molar-refractivity contribution in [2.24, 2.45) is 0 Å². The third-order valence-corrected chi connectivity index (χ3v) is 4.30. The third-order valence-electron chi connectivity index (χ3n) is 3.70.